The Labute approximate surface area is 125 Å². The molecule has 0 aromatic rings. The van der Waals surface area contributed by atoms with Gasteiger partial charge in [-0.25, -0.2) is 4.79 Å². The number of nitrogens with one attached hydrogen (secondary N) is 1. The van der Waals surface area contributed by atoms with E-state index < -0.39 is 17.9 Å². The first-order valence-corrected chi connectivity index (χ1v) is 7.36. The van der Waals surface area contributed by atoms with E-state index in [-0.39, 0.29) is 25.3 Å². The normalized spacial score (nSPS) is 22.3. The van der Waals surface area contributed by atoms with Crippen molar-refractivity contribution in [2.24, 2.45) is 5.92 Å². The van der Waals surface area contributed by atoms with Crippen molar-refractivity contribution < 1.29 is 19.4 Å². The summed E-state index contributed by atoms with van der Waals surface area (Å²) in [7, 11) is 0. The molecule has 1 rings (SSSR count). The van der Waals surface area contributed by atoms with Crippen molar-refractivity contribution in [3.8, 4) is 12.3 Å². The quantitative estimate of drug-likeness (QED) is 0.694. The molecule has 3 unspecified atom stereocenters. The van der Waals surface area contributed by atoms with Crippen LogP contribution in [0.3, 0.4) is 0 Å². The molecule has 3 atom stereocenters. The fourth-order valence-corrected chi connectivity index (χ4v) is 2.44. The van der Waals surface area contributed by atoms with Crippen LogP contribution in [0.5, 0.6) is 0 Å². The van der Waals surface area contributed by atoms with Gasteiger partial charge < -0.3 is 20.1 Å². The number of urea groups is 1. The number of hydrogen-bond acceptors (Lipinski definition) is 3. The summed E-state index contributed by atoms with van der Waals surface area (Å²) in [5, 5.41) is 12.1. The molecule has 2 amide bonds. The third-order valence-electron chi connectivity index (χ3n) is 3.68. The van der Waals surface area contributed by atoms with E-state index >= 15 is 0 Å². The van der Waals surface area contributed by atoms with Gasteiger partial charge in [-0.2, -0.15) is 0 Å². The molecule has 0 aromatic carbocycles. The number of ether oxygens (including phenoxy) is 1. The Morgan fingerprint density at radius 1 is 1.48 bits per heavy atom. The predicted molar refractivity (Wildman–Crippen MR) is 78.8 cm³/mol. The Hall–Kier alpha value is -1.74. The first-order valence-electron chi connectivity index (χ1n) is 7.36. The van der Waals surface area contributed by atoms with Gasteiger partial charge in [0.05, 0.1) is 19.3 Å². The number of terminal acetylenes is 1. The van der Waals surface area contributed by atoms with Crippen LogP contribution in [0, 0.1) is 18.3 Å². The molecule has 1 fully saturated rings. The van der Waals surface area contributed by atoms with Crippen molar-refractivity contribution in [2.45, 2.75) is 45.2 Å². The summed E-state index contributed by atoms with van der Waals surface area (Å²) in [6.45, 7) is 4.80. The fourth-order valence-electron chi connectivity index (χ4n) is 2.44. The van der Waals surface area contributed by atoms with Crippen molar-refractivity contribution in [1.29, 1.82) is 0 Å². The van der Waals surface area contributed by atoms with Crippen LogP contribution in [0.1, 0.15) is 33.1 Å². The maximum Gasteiger partial charge on any atom is 0.318 e. The molecule has 21 heavy (non-hydrogen) atoms. The van der Waals surface area contributed by atoms with E-state index in [9.17, 15) is 14.7 Å². The molecule has 0 saturated carbocycles. The molecule has 6 heteroatoms. The van der Waals surface area contributed by atoms with Gasteiger partial charge in [0.15, 0.2) is 0 Å². The molecule has 1 aliphatic heterocycles. The zero-order valence-corrected chi connectivity index (χ0v) is 12.7. The van der Waals surface area contributed by atoms with E-state index in [0.717, 1.165) is 12.8 Å². The van der Waals surface area contributed by atoms with Gasteiger partial charge in [0.1, 0.15) is 5.92 Å². The third-order valence-corrected chi connectivity index (χ3v) is 3.68. The highest BCUT2D eigenvalue weighted by atomic mass is 16.5. The molecule has 1 heterocycles. The Morgan fingerprint density at radius 2 is 2.19 bits per heavy atom. The van der Waals surface area contributed by atoms with Crippen molar-refractivity contribution in [1.82, 2.24) is 10.2 Å². The summed E-state index contributed by atoms with van der Waals surface area (Å²) >= 11 is 0. The number of carboxylic acid groups (broad SMARTS) is 1. The van der Waals surface area contributed by atoms with Crippen LogP contribution in [0.4, 0.5) is 4.79 Å². The lowest BCUT2D eigenvalue weighted by Crippen LogP contribution is -2.52. The Bertz CT molecular complexity index is 405. The third kappa shape index (κ3) is 4.64. The van der Waals surface area contributed by atoms with Crippen molar-refractivity contribution in [2.75, 3.05) is 19.8 Å². The molecule has 6 nitrogen and oxygen atoms in total. The molecule has 118 valence electrons. The molecule has 0 aromatic heterocycles. The van der Waals surface area contributed by atoms with Crippen LogP contribution in [0.2, 0.25) is 0 Å². The second-order valence-electron chi connectivity index (χ2n) is 5.21. The first-order chi connectivity index (χ1) is 10.0. The fraction of sp³-hybridized carbons (Fsp3) is 0.733. The van der Waals surface area contributed by atoms with Crippen LogP contribution in [0.15, 0.2) is 0 Å². The van der Waals surface area contributed by atoms with E-state index in [1.54, 1.807) is 4.90 Å². The summed E-state index contributed by atoms with van der Waals surface area (Å²) in [6, 6.07) is -0.779. The topological polar surface area (TPSA) is 78.9 Å². The van der Waals surface area contributed by atoms with Gasteiger partial charge in [0.2, 0.25) is 0 Å². The molecule has 0 bridgehead atoms. The SMILES string of the molecule is C#CCC(CC)NC(=O)N(CCC)C1COCC1C(=O)O. The molecule has 0 spiro atoms. The molecular weight excluding hydrogens is 272 g/mol. The zero-order chi connectivity index (χ0) is 15.8. The van der Waals surface area contributed by atoms with Crippen LogP contribution >= 0.6 is 0 Å². The number of rotatable bonds is 7. The minimum atomic E-state index is -0.929. The Morgan fingerprint density at radius 3 is 2.71 bits per heavy atom. The summed E-state index contributed by atoms with van der Waals surface area (Å²) in [4.78, 5) is 25.3. The van der Waals surface area contributed by atoms with Gasteiger partial charge in [0.25, 0.3) is 0 Å². The van der Waals surface area contributed by atoms with Gasteiger partial charge in [-0.15, -0.1) is 12.3 Å². The number of carboxylic acids is 1. The molecule has 2 N–H and O–H groups in total. The minimum Gasteiger partial charge on any atom is -0.481 e. The minimum absolute atomic E-state index is 0.0903. The van der Waals surface area contributed by atoms with E-state index in [1.165, 1.54) is 0 Å². The van der Waals surface area contributed by atoms with E-state index in [1.807, 2.05) is 13.8 Å². The van der Waals surface area contributed by atoms with Gasteiger partial charge in [0, 0.05) is 19.0 Å². The summed E-state index contributed by atoms with van der Waals surface area (Å²) in [5.74, 6) is 0.940. The number of carbonyl (C=O) groups excluding carboxylic acids is 1. The number of hydrogen-bond donors (Lipinski definition) is 2. The van der Waals surface area contributed by atoms with Crippen LogP contribution in [0.25, 0.3) is 0 Å². The second kappa shape index (κ2) is 8.53. The maximum atomic E-state index is 12.4. The first kappa shape index (κ1) is 17.3. The maximum absolute atomic E-state index is 12.4. The van der Waals surface area contributed by atoms with Crippen molar-refractivity contribution in [3.05, 3.63) is 0 Å². The number of carbonyl (C=O) groups is 2. The van der Waals surface area contributed by atoms with E-state index in [4.69, 9.17) is 11.2 Å². The van der Waals surface area contributed by atoms with Gasteiger partial charge >= 0.3 is 12.0 Å². The number of nitrogens with zero attached hydrogens (tertiary/aromatic N) is 1. The van der Waals surface area contributed by atoms with Crippen molar-refractivity contribution >= 4 is 12.0 Å². The predicted octanol–water partition coefficient (Wildman–Crippen LogP) is 1.31. The van der Waals surface area contributed by atoms with Crippen molar-refractivity contribution in [3.63, 3.8) is 0 Å². The lowest BCUT2D eigenvalue weighted by molar-refractivity contribution is -0.142. The van der Waals surface area contributed by atoms with Crippen LogP contribution < -0.4 is 5.32 Å². The van der Waals surface area contributed by atoms with E-state index in [0.29, 0.717) is 13.0 Å². The molecule has 0 aliphatic carbocycles. The monoisotopic (exact) mass is 296 g/mol. The Balaban J connectivity index is 2.78. The van der Waals surface area contributed by atoms with E-state index in [2.05, 4.69) is 11.2 Å². The molecule has 1 saturated heterocycles. The van der Waals surface area contributed by atoms with Crippen LogP contribution in [-0.2, 0) is 9.53 Å². The lowest BCUT2D eigenvalue weighted by Gasteiger charge is -2.31. The highest BCUT2D eigenvalue weighted by Crippen LogP contribution is 2.21. The van der Waals surface area contributed by atoms with Crippen LogP contribution in [-0.4, -0.2) is 53.8 Å². The summed E-state index contributed by atoms with van der Waals surface area (Å²) in [5.41, 5.74) is 0. The molecule has 0 radical (unpaired) electrons. The largest absolute Gasteiger partial charge is 0.481 e. The number of amides is 2. The second-order valence-corrected chi connectivity index (χ2v) is 5.21. The van der Waals surface area contributed by atoms with Gasteiger partial charge in [-0.1, -0.05) is 13.8 Å². The average molecular weight is 296 g/mol. The lowest BCUT2D eigenvalue weighted by atomic mass is 10.0. The average Bonchev–Trinajstić information content (AvgIpc) is 2.93. The molecule has 1 aliphatic rings. The van der Waals surface area contributed by atoms with Gasteiger partial charge in [-0.05, 0) is 12.8 Å². The smallest absolute Gasteiger partial charge is 0.318 e. The highest BCUT2D eigenvalue weighted by Gasteiger charge is 2.40. The summed E-state index contributed by atoms with van der Waals surface area (Å²) < 4.78 is 5.25. The number of aliphatic carboxylic acids is 1. The summed E-state index contributed by atoms with van der Waals surface area (Å²) in [6.07, 6.45) is 7.24. The van der Waals surface area contributed by atoms with Gasteiger partial charge in [-0.3, -0.25) is 4.79 Å². The Kier molecular flexibility index (Phi) is 7.03. The standard InChI is InChI=1S/C15H24N2O4/c1-4-7-11(6-3)16-15(20)17(8-5-2)13-10-21-9-12(13)14(18)19/h1,11-13H,5-10H2,2-3H3,(H,16,20)(H,18,19). The molecular formula is C15H24N2O4. The zero-order valence-electron chi connectivity index (χ0n) is 12.7. The highest BCUT2D eigenvalue weighted by molar-refractivity contribution is 5.77.